The minimum Gasteiger partial charge on any atom is -0.481 e. The van der Waals surface area contributed by atoms with Gasteiger partial charge in [-0.2, -0.15) is 0 Å². The predicted octanol–water partition coefficient (Wildman–Crippen LogP) is -1.65. The molecule has 0 aromatic rings. The lowest BCUT2D eigenvalue weighted by atomic mass is 10.2. The molecule has 0 heterocycles. The molecule has 8 heteroatoms. The second kappa shape index (κ2) is 7.58. The predicted molar refractivity (Wildman–Crippen MR) is 56.3 cm³/mol. The molecule has 0 radical (unpaired) electrons. The van der Waals surface area contributed by atoms with Gasteiger partial charge < -0.3 is 25.6 Å². The van der Waals surface area contributed by atoms with Gasteiger partial charge in [-0.05, 0) is 0 Å². The molecule has 98 valence electrons. The number of rotatable bonds is 8. The SMILES string of the molecule is COCCN(CC(=O)O)C(=O)C(N)CC(=O)O. The molecule has 17 heavy (non-hydrogen) atoms. The summed E-state index contributed by atoms with van der Waals surface area (Å²) in [4.78, 5) is 33.5. The van der Waals surface area contributed by atoms with Crippen molar-refractivity contribution in [2.75, 3.05) is 26.8 Å². The van der Waals surface area contributed by atoms with Crippen molar-refractivity contribution < 1.29 is 29.3 Å². The lowest BCUT2D eigenvalue weighted by molar-refractivity contribution is -0.146. The van der Waals surface area contributed by atoms with E-state index in [9.17, 15) is 14.4 Å². The molecule has 8 nitrogen and oxygen atoms in total. The van der Waals surface area contributed by atoms with Gasteiger partial charge in [0.1, 0.15) is 6.54 Å². The summed E-state index contributed by atoms with van der Waals surface area (Å²) in [6.45, 7) is -0.330. The number of methoxy groups -OCH3 is 1. The average molecular weight is 248 g/mol. The van der Waals surface area contributed by atoms with Gasteiger partial charge in [-0.15, -0.1) is 0 Å². The van der Waals surface area contributed by atoms with Crippen molar-refractivity contribution in [1.29, 1.82) is 0 Å². The highest BCUT2D eigenvalue weighted by Crippen LogP contribution is 1.98. The number of amides is 1. The Kier molecular flexibility index (Phi) is 6.83. The van der Waals surface area contributed by atoms with Crippen molar-refractivity contribution in [3.63, 3.8) is 0 Å². The lowest BCUT2D eigenvalue weighted by Gasteiger charge is -2.23. The third-order valence-electron chi connectivity index (χ3n) is 1.91. The van der Waals surface area contributed by atoms with Crippen LogP contribution in [0.1, 0.15) is 6.42 Å². The number of carbonyl (C=O) groups is 3. The monoisotopic (exact) mass is 248 g/mol. The number of nitrogens with two attached hydrogens (primary N) is 1. The van der Waals surface area contributed by atoms with E-state index in [0.29, 0.717) is 0 Å². The Bertz CT molecular complexity index is 293. The van der Waals surface area contributed by atoms with Crippen molar-refractivity contribution in [2.24, 2.45) is 5.73 Å². The van der Waals surface area contributed by atoms with E-state index in [2.05, 4.69) is 0 Å². The summed E-state index contributed by atoms with van der Waals surface area (Å²) >= 11 is 0. The molecule has 4 N–H and O–H groups in total. The molecular weight excluding hydrogens is 232 g/mol. The number of ether oxygens (including phenoxy) is 1. The topological polar surface area (TPSA) is 130 Å². The molecule has 0 aliphatic carbocycles. The highest BCUT2D eigenvalue weighted by atomic mass is 16.5. The third kappa shape index (κ3) is 6.48. The van der Waals surface area contributed by atoms with Crippen LogP contribution in [-0.4, -0.2) is 65.8 Å². The van der Waals surface area contributed by atoms with Crippen molar-refractivity contribution in [3.05, 3.63) is 0 Å². The number of carbonyl (C=O) groups excluding carboxylic acids is 1. The van der Waals surface area contributed by atoms with E-state index < -0.39 is 36.9 Å². The summed E-state index contributed by atoms with van der Waals surface area (Å²) in [6, 6.07) is -1.25. The van der Waals surface area contributed by atoms with Crippen LogP contribution in [0, 0.1) is 0 Å². The van der Waals surface area contributed by atoms with Crippen LogP contribution in [-0.2, 0) is 19.1 Å². The van der Waals surface area contributed by atoms with Crippen LogP contribution in [0.25, 0.3) is 0 Å². The van der Waals surface area contributed by atoms with Gasteiger partial charge in [0.05, 0.1) is 19.1 Å². The first-order valence-electron chi connectivity index (χ1n) is 4.85. The summed E-state index contributed by atoms with van der Waals surface area (Å²) in [7, 11) is 1.40. The quantitative estimate of drug-likeness (QED) is 0.469. The fourth-order valence-electron chi connectivity index (χ4n) is 1.14. The first-order valence-corrected chi connectivity index (χ1v) is 4.85. The van der Waals surface area contributed by atoms with Crippen molar-refractivity contribution in [3.8, 4) is 0 Å². The van der Waals surface area contributed by atoms with Crippen molar-refractivity contribution in [1.82, 2.24) is 4.90 Å². The molecular formula is C9H16N2O6. The second-order valence-electron chi connectivity index (χ2n) is 3.35. The Morgan fingerprint density at radius 2 is 1.88 bits per heavy atom. The van der Waals surface area contributed by atoms with Crippen LogP contribution in [0.2, 0.25) is 0 Å². The highest BCUT2D eigenvalue weighted by Gasteiger charge is 2.24. The maximum atomic E-state index is 11.6. The van der Waals surface area contributed by atoms with Gasteiger partial charge in [-0.3, -0.25) is 14.4 Å². The standard InChI is InChI=1S/C9H16N2O6/c1-17-3-2-11(5-8(14)15)9(16)6(10)4-7(12)13/h6H,2-5,10H2,1H3,(H,12,13)(H,14,15). The molecule has 0 rings (SSSR count). The molecule has 0 aliphatic heterocycles. The molecule has 1 unspecified atom stereocenters. The summed E-state index contributed by atoms with van der Waals surface area (Å²) < 4.78 is 4.72. The first-order chi connectivity index (χ1) is 7.88. The smallest absolute Gasteiger partial charge is 0.323 e. The zero-order chi connectivity index (χ0) is 13.4. The van der Waals surface area contributed by atoms with E-state index in [0.717, 1.165) is 4.90 Å². The Morgan fingerprint density at radius 3 is 2.29 bits per heavy atom. The molecule has 0 aromatic carbocycles. The van der Waals surface area contributed by atoms with Gasteiger partial charge in [0.25, 0.3) is 0 Å². The summed E-state index contributed by atoms with van der Waals surface area (Å²) in [5.74, 6) is -3.13. The fraction of sp³-hybridized carbons (Fsp3) is 0.667. The fourth-order valence-corrected chi connectivity index (χ4v) is 1.14. The minimum atomic E-state index is -1.25. The van der Waals surface area contributed by atoms with E-state index in [-0.39, 0.29) is 13.2 Å². The number of nitrogens with zero attached hydrogens (tertiary/aromatic N) is 1. The van der Waals surface area contributed by atoms with E-state index in [4.69, 9.17) is 20.7 Å². The third-order valence-corrected chi connectivity index (χ3v) is 1.91. The normalized spacial score (nSPS) is 11.9. The van der Waals surface area contributed by atoms with Crippen LogP contribution in [0.15, 0.2) is 0 Å². The Morgan fingerprint density at radius 1 is 1.29 bits per heavy atom. The molecule has 0 saturated carbocycles. The van der Waals surface area contributed by atoms with Crippen LogP contribution < -0.4 is 5.73 Å². The van der Waals surface area contributed by atoms with Crippen molar-refractivity contribution >= 4 is 17.8 Å². The van der Waals surface area contributed by atoms with Gasteiger partial charge in [-0.25, -0.2) is 0 Å². The zero-order valence-corrected chi connectivity index (χ0v) is 9.46. The second-order valence-corrected chi connectivity index (χ2v) is 3.35. The number of aliphatic carboxylic acids is 2. The van der Waals surface area contributed by atoms with E-state index in [1.165, 1.54) is 7.11 Å². The molecule has 1 atom stereocenters. The van der Waals surface area contributed by atoms with Crippen LogP contribution in [0.3, 0.4) is 0 Å². The largest absolute Gasteiger partial charge is 0.481 e. The first kappa shape index (κ1) is 15.3. The molecule has 0 spiro atoms. The molecule has 1 amide bonds. The number of carboxylic acid groups (broad SMARTS) is 2. The maximum Gasteiger partial charge on any atom is 0.323 e. The van der Waals surface area contributed by atoms with Gasteiger partial charge >= 0.3 is 11.9 Å². The molecule has 0 aromatic heterocycles. The highest BCUT2D eigenvalue weighted by molar-refractivity contribution is 5.88. The van der Waals surface area contributed by atoms with Gasteiger partial charge in [0.15, 0.2) is 0 Å². The van der Waals surface area contributed by atoms with E-state index >= 15 is 0 Å². The lowest BCUT2D eigenvalue weighted by Crippen LogP contribution is -2.47. The molecule has 0 saturated heterocycles. The van der Waals surface area contributed by atoms with Crippen LogP contribution in [0.5, 0.6) is 0 Å². The molecule has 0 aliphatic rings. The number of hydrogen-bond donors (Lipinski definition) is 3. The summed E-state index contributed by atoms with van der Waals surface area (Å²) in [5, 5.41) is 17.1. The zero-order valence-electron chi connectivity index (χ0n) is 9.46. The molecule has 0 bridgehead atoms. The van der Waals surface area contributed by atoms with E-state index in [1.54, 1.807) is 0 Å². The number of hydrogen-bond acceptors (Lipinski definition) is 5. The molecule has 0 fully saturated rings. The van der Waals surface area contributed by atoms with Gasteiger partial charge in [0, 0.05) is 13.7 Å². The van der Waals surface area contributed by atoms with Crippen molar-refractivity contribution in [2.45, 2.75) is 12.5 Å². The van der Waals surface area contributed by atoms with E-state index in [1.807, 2.05) is 0 Å². The van der Waals surface area contributed by atoms with Crippen LogP contribution in [0.4, 0.5) is 0 Å². The Labute approximate surface area is 97.9 Å². The van der Waals surface area contributed by atoms with Gasteiger partial charge in [-0.1, -0.05) is 0 Å². The Hall–Kier alpha value is -1.67. The Balaban J connectivity index is 4.49. The summed E-state index contributed by atoms with van der Waals surface area (Å²) in [6.07, 6.45) is -0.540. The summed E-state index contributed by atoms with van der Waals surface area (Å²) in [5.41, 5.74) is 5.36. The minimum absolute atomic E-state index is 0.0505. The maximum absolute atomic E-state index is 11.6. The van der Waals surface area contributed by atoms with Gasteiger partial charge in [0.2, 0.25) is 5.91 Å². The van der Waals surface area contributed by atoms with Crippen LogP contribution >= 0.6 is 0 Å². The number of carboxylic acids is 2. The average Bonchev–Trinajstić information content (AvgIpc) is 2.21.